The molecule has 19 heavy (non-hydrogen) atoms. The van der Waals surface area contributed by atoms with Crippen LogP contribution >= 0.6 is 0 Å². The molecule has 0 aliphatic rings. The average Bonchev–Trinajstić information content (AvgIpc) is 2.33. The Balaban J connectivity index is 4.38. The first-order valence-electron chi connectivity index (χ1n) is 6.26. The van der Waals surface area contributed by atoms with Crippen LogP contribution in [0, 0.1) is 5.92 Å². The summed E-state index contributed by atoms with van der Waals surface area (Å²) in [6, 6.07) is 0. The molecule has 0 saturated carbocycles. The van der Waals surface area contributed by atoms with Crippen LogP contribution in [0.15, 0.2) is 0 Å². The largest absolute Gasteiger partial charge is 0.466 e. The summed E-state index contributed by atoms with van der Waals surface area (Å²) >= 11 is 0. The highest BCUT2D eigenvalue weighted by molar-refractivity contribution is 6.04. The molecule has 0 aliphatic heterocycles. The molecule has 1 atom stereocenters. The average molecular weight is 272 g/mol. The van der Waals surface area contributed by atoms with Crippen molar-refractivity contribution in [3.63, 3.8) is 0 Å². The number of rotatable bonds is 9. The molecule has 6 heteroatoms. The zero-order chi connectivity index (χ0) is 14.8. The van der Waals surface area contributed by atoms with Crippen LogP contribution < -0.4 is 0 Å². The number of ketones is 2. The van der Waals surface area contributed by atoms with Gasteiger partial charge in [0, 0.05) is 6.42 Å². The summed E-state index contributed by atoms with van der Waals surface area (Å²) in [6.07, 6.45) is -0.466. The van der Waals surface area contributed by atoms with E-state index in [1.54, 1.807) is 13.8 Å². The first-order valence-corrected chi connectivity index (χ1v) is 6.26. The molecule has 6 nitrogen and oxygen atoms in total. The summed E-state index contributed by atoms with van der Waals surface area (Å²) in [4.78, 5) is 45.5. The van der Waals surface area contributed by atoms with Gasteiger partial charge in [-0.1, -0.05) is 0 Å². The van der Waals surface area contributed by atoms with Gasteiger partial charge >= 0.3 is 11.9 Å². The summed E-state index contributed by atoms with van der Waals surface area (Å²) in [5, 5.41) is 0. The molecule has 0 N–H and O–H groups in total. The van der Waals surface area contributed by atoms with Gasteiger partial charge in [0.2, 0.25) is 0 Å². The normalized spacial score (nSPS) is 11.5. The molecule has 0 aromatic heterocycles. The van der Waals surface area contributed by atoms with Crippen molar-refractivity contribution in [2.45, 2.75) is 40.0 Å². The highest BCUT2D eigenvalue weighted by Crippen LogP contribution is 2.12. The topological polar surface area (TPSA) is 86.7 Å². The quantitative estimate of drug-likeness (QED) is 0.460. The Bertz CT molecular complexity index is 347. The highest BCUT2D eigenvalue weighted by Gasteiger charge is 2.27. The molecule has 0 aromatic rings. The van der Waals surface area contributed by atoms with Crippen LogP contribution in [0.2, 0.25) is 0 Å². The van der Waals surface area contributed by atoms with Crippen molar-refractivity contribution in [3.05, 3.63) is 0 Å². The third kappa shape index (κ3) is 7.33. The van der Waals surface area contributed by atoms with Crippen molar-refractivity contribution in [1.29, 1.82) is 0 Å². The fourth-order valence-corrected chi connectivity index (χ4v) is 1.50. The van der Waals surface area contributed by atoms with E-state index in [9.17, 15) is 19.2 Å². The van der Waals surface area contributed by atoms with Crippen LogP contribution in [0.5, 0.6) is 0 Å². The monoisotopic (exact) mass is 272 g/mol. The van der Waals surface area contributed by atoms with E-state index >= 15 is 0 Å². The Morgan fingerprint density at radius 2 is 1.42 bits per heavy atom. The molecular formula is C13H20O6. The molecule has 0 rings (SSSR count). The number of Topliss-reactive ketones (excluding diaryl/α,β-unsaturated/α-hetero) is 2. The van der Waals surface area contributed by atoms with Crippen LogP contribution in [0.25, 0.3) is 0 Å². The minimum Gasteiger partial charge on any atom is -0.466 e. The van der Waals surface area contributed by atoms with Gasteiger partial charge in [0.1, 0.15) is 11.6 Å². The molecule has 0 radical (unpaired) electrons. The van der Waals surface area contributed by atoms with Gasteiger partial charge in [-0.25, -0.2) is 0 Å². The summed E-state index contributed by atoms with van der Waals surface area (Å²) in [5.74, 6) is -2.95. The van der Waals surface area contributed by atoms with Gasteiger partial charge < -0.3 is 9.47 Å². The number of ether oxygens (including phenoxy) is 2. The summed E-state index contributed by atoms with van der Waals surface area (Å²) in [5.41, 5.74) is 0. The van der Waals surface area contributed by atoms with Gasteiger partial charge in [0.15, 0.2) is 0 Å². The maximum absolute atomic E-state index is 11.8. The van der Waals surface area contributed by atoms with E-state index in [2.05, 4.69) is 4.74 Å². The first-order chi connectivity index (χ1) is 8.92. The predicted molar refractivity (Wildman–Crippen MR) is 66.3 cm³/mol. The van der Waals surface area contributed by atoms with Crippen LogP contribution in [-0.4, -0.2) is 36.7 Å². The Morgan fingerprint density at radius 1 is 0.895 bits per heavy atom. The smallest absolute Gasteiger partial charge is 0.306 e. The number of hydrogen-bond donors (Lipinski definition) is 0. The van der Waals surface area contributed by atoms with Crippen LogP contribution in [-0.2, 0) is 28.7 Å². The van der Waals surface area contributed by atoms with Gasteiger partial charge in [-0.3, -0.25) is 19.2 Å². The van der Waals surface area contributed by atoms with Crippen LogP contribution in [0.1, 0.15) is 40.0 Å². The molecule has 1 unspecified atom stereocenters. The predicted octanol–water partition coefficient (Wildman–Crippen LogP) is 1.06. The fraction of sp³-hybridized carbons (Fsp3) is 0.692. The molecule has 0 bridgehead atoms. The van der Waals surface area contributed by atoms with E-state index in [-0.39, 0.29) is 32.5 Å². The van der Waals surface area contributed by atoms with Crippen molar-refractivity contribution in [1.82, 2.24) is 0 Å². The molecule has 0 aromatic carbocycles. The first kappa shape index (κ1) is 17.3. The lowest BCUT2D eigenvalue weighted by Gasteiger charge is -2.11. The number of esters is 2. The molecule has 0 aliphatic carbocycles. The van der Waals surface area contributed by atoms with Crippen LogP contribution in [0.4, 0.5) is 0 Å². The molecule has 0 heterocycles. The van der Waals surface area contributed by atoms with Gasteiger partial charge in [-0.05, 0) is 20.8 Å². The van der Waals surface area contributed by atoms with Gasteiger partial charge in [-0.2, -0.15) is 0 Å². The molecular weight excluding hydrogens is 252 g/mol. The molecule has 0 fully saturated rings. The third-order valence-electron chi connectivity index (χ3n) is 2.44. The lowest BCUT2D eigenvalue weighted by atomic mass is 9.93. The highest BCUT2D eigenvalue weighted by atomic mass is 16.5. The Morgan fingerprint density at radius 3 is 1.89 bits per heavy atom. The van der Waals surface area contributed by atoms with Crippen molar-refractivity contribution in [2.24, 2.45) is 5.92 Å². The zero-order valence-electron chi connectivity index (χ0n) is 11.6. The molecule has 0 amide bonds. The minimum atomic E-state index is -1.03. The van der Waals surface area contributed by atoms with Crippen molar-refractivity contribution in [3.8, 4) is 0 Å². The Labute approximate surface area is 112 Å². The summed E-state index contributed by atoms with van der Waals surface area (Å²) < 4.78 is 9.39. The maximum Gasteiger partial charge on any atom is 0.306 e. The fourth-order valence-electron chi connectivity index (χ4n) is 1.50. The molecule has 0 spiro atoms. The van der Waals surface area contributed by atoms with Gasteiger partial charge in [0.25, 0.3) is 0 Å². The van der Waals surface area contributed by atoms with Crippen LogP contribution in [0.3, 0.4) is 0 Å². The summed E-state index contributed by atoms with van der Waals surface area (Å²) in [7, 11) is 0. The van der Waals surface area contributed by atoms with E-state index in [0.29, 0.717) is 0 Å². The second kappa shape index (κ2) is 9.24. The van der Waals surface area contributed by atoms with Crippen molar-refractivity contribution < 1.29 is 28.7 Å². The second-order valence-corrected chi connectivity index (χ2v) is 3.94. The zero-order valence-corrected chi connectivity index (χ0v) is 11.6. The van der Waals surface area contributed by atoms with E-state index in [4.69, 9.17) is 4.74 Å². The SMILES string of the molecule is CCOC(=O)CCC(=O)C(CC(=O)OCC)C(C)=O. The van der Waals surface area contributed by atoms with Gasteiger partial charge in [0.05, 0.1) is 32.0 Å². The molecule has 0 saturated heterocycles. The van der Waals surface area contributed by atoms with Gasteiger partial charge in [-0.15, -0.1) is 0 Å². The third-order valence-corrected chi connectivity index (χ3v) is 2.44. The van der Waals surface area contributed by atoms with E-state index < -0.39 is 29.4 Å². The maximum atomic E-state index is 11.8. The number of carbonyl (C=O) groups is 4. The Hall–Kier alpha value is -1.72. The number of carbonyl (C=O) groups excluding carboxylic acids is 4. The lowest BCUT2D eigenvalue weighted by Crippen LogP contribution is -2.26. The number of hydrogen-bond acceptors (Lipinski definition) is 6. The van der Waals surface area contributed by atoms with E-state index in [1.807, 2.05) is 0 Å². The second-order valence-electron chi connectivity index (χ2n) is 3.94. The Kier molecular flexibility index (Phi) is 8.41. The molecule has 108 valence electrons. The van der Waals surface area contributed by atoms with Crippen molar-refractivity contribution >= 4 is 23.5 Å². The lowest BCUT2D eigenvalue weighted by molar-refractivity contribution is -0.149. The van der Waals surface area contributed by atoms with E-state index in [0.717, 1.165) is 0 Å². The summed E-state index contributed by atoms with van der Waals surface area (Å²) in [6.45, 7) is 4.99. The standard InChI is InChI=1S/C13H20O6/c1-4-18-12(16)7-6-11(15)10(9(3)14)8-13(17)19-5-2/h10H,4-8H2,1-3H3. The van der Waals surface area contributed by atoms with E-state index in [1.165, 1.54) is 6.92 Å². The minimum absolute atomic E-state index is 0.0840. The van der Waals surface area contributed by atoms with Crippen molar-refractivity contribution in [2.75, 3.05) is 13.2 Å².